The number of hydrogen-bond donors (Lipinski definition) is 0. The molecule has 0 aromatic heterocycles. The minimum absolute atomic E-state index is 0.621. The summed E-state index contributed by atoms with van der Waals surface area (Å²) in [4.78, 5) is 4.53. The standard InChI is InChI=1S/C13H15N/c1-11(14-13-9-10-13)7-8-12-5-3-2-4-6-12/h2-8,13H,9-10H2,1H3/b8-7+,14-11?. The second-order valence-corrected chi connectivity index (χ2v) is 3.75. The molecule has 1 aliphatic rings. The van der Waals surface area contributed by atoms with Crippen LogP contribution >= 0.6 is 0 Å². The van der Waals surface area contributed by atoms with Crippen molar-refractivity contribution in [2.75, 3.05) is 0 Å². The molecule has 0 radical (unpaired) electrons. The van der Waals surface area contributed by atoms with Crippen LogP contribution in [0, 0.1) is 0 Å². The van der Waals surface area contributed by atoms with Crippen molar-refractivity contribution >= 4 is 11.8 Å². The van der Waals surface area contributed by atoms with E-state index in [0.717, 1.165) is 5.71 Å². The number of aliphatic imine (C=N–C) groups is 1. The van der Waals surface area contributed by atoms with Gasteiger partial charge in [0, 0.05) is 5.71 Å². The largest absolute Gasteiger partial charge is 0.287 e. The van der Waals surface area contributed by atoms with Crippen molar-refractivity contribution in [2.24, 2.45) is 4.99 Å². The lowest BCUT2D eigenvalue weighted by molar-refractivity contribution is 1.07. The van der Waals surface area contributed by atoms with Crippen LogP contribution < -0.4 is 0 Å². The molecule has 0 atom stereocenters. The van der Waals surface area contributed by atoms with Gasteiger partial charge in [-0.3, -0.25) is 4.99 Å². The van der Waals surface area contributed by atoms with E-state index in [0.29, 0.717) is 6.04 Å². The summed E-state index contributed by atoms with van der Waals surface area (Å²) in [6, 6.07) is 10.9. The van der Waals surface area contributed by atoms with E-state index in [1.54, 1.807) is 0 Å². The van der Waals surface area contributed by atoms with E-state index < -0.39 is 0 Å². The molecule has 0 aliphatic heterocycles. The molecular formula is C13H15N. The number of allylic oxidation sites excluding steroid dienone is 1. The zero-order valence-corrected chi connectivity index (χ0v) is 8.48. The average molecular weight is 185 g/mol. The van der Waals surface area contributed by atoms with Crippen LogP contribution in [0.4, 0.5) is 0 Å². The molecule has 1 saturated carbocycles. The third kappa shape index (κ3) is 2.84. The van der Waals surface area contributed by atoms with Gasteiger partial charge in [-0.2, -0.15) is 0 Å². The minimum atomic E-state index is 0.621. The van der Waals surface area contributed by atoms with Gasteiger partial charge in [-0.25, -0.2) is 0 Å². The van der Waals surface area contributed by atoms with Crippen molar-refractivity contribution in [3.63, 3.8) is 0 Å². The topological polar surface area (TPSA) is 12.4 Å². The van der Waals surface area contributed by atoms with Gasteiger partial charge in [-0.15, -0.1) is 0 Å². The van der Waals surface area contributed by atoms with Gasteiger partial charge in [0.1, 0.15) is 0 Å². The second kappa shape index (κ2) is 4.23. The molecule has 0 unspecified atom stereocenters. The lowest BCUT2D eigenvalue weighted by Crippen LogP contribution is -1.87. The number of hydrogen-bond acceptors (Lipinski definition) is 1. The average Bonchev–Trinajstić information content (AvgIpc) is 3.00. The summed E-state index contributed by atoms with van der Waals surface area (Å²) in [5.41, 5.74) is 2.37. The molecule has 2 rings (SSSR count). The highest BCUT2D eigenvalue weighted by atomic mass is 14.8. The molecule has 1 aromatic carbocycles. The fourth-order valence-corrected chi connectivity index (χ4v) is 1.32. The summed E-state index contributed by atoms with van der Waals surface area (Å²) >= 11 is 0. The first-order valence-corrected chi connectivity index (χ1v) is 5.12. The van der Waals surface area contributed by atoms with Crippen LogP contribution in [-0.4, -0.2) is 11.8 Å². The van der Waals surface area contributed by atoms with E-state index in [-0.39, 0.29) is 0 Å². The summed E-state index contributed by atoms with van der Waals surface area (Å²) in [5.74, 6) is 0. The van der Waals surface area contributed by atoms with E-state index in [9.17, 15) is 0 Å². The van der Waals surface area contributed by atoms with Crippen LogP contribution in [0.5, 0.6) is 0 Å². The van der Waals surface area contributed by atoms with E-state index in [2.05, 4.69) is 36.2 Å². The third-order valence-corrected chi connectivity index (χ3v) is 2.25. The van der Waals surface area contributed by atoms with Gasteiger partial charge in [0.25, 0.3) is 0 Å². The Hall–Kier alpha value is -1.37. The monoisotopic (exact) mass is 185 g/mol. The fourth-order valence-electron chi connectivity index (χ4n) is 1.32. The molecule has 0 spiro atoms. The molecule has 0 bridgehead atoms. The van der Waals surface area contributed by atoms with Gasteiger partial charge in [0.15, 0.2) is 0 Å². The first-order valence-electron chi connectivity index (χ1n) is 5.12. The molecule has 0 N–H and O–H groups in total. The van der Waals surface area contributed by atoms with Crippen molar-refractivity contribution in [3.05, 3.63) is 42.0 Å². The molecule has 1 fully saturated rings. The van der Waals surface area contributed by atoms with E-state index in [1.165, 1.54) is 18.4 Å². The van der Waals surface area contributed by atoms with Crippen LogP contribution in [0.3, 0.4) is 0 Å². The van der Waals surface area contributed by atoms with Crippen molar-refractivity contribution in [1.82, 2.24) is 0 Å². The Labute approximate surface area is 85.2 Å². The molecular weight excluding hydrogens is 170 g/mol. The van der Waals surface area contributed by atoms with Gasteiger partial charge < -0.3 is 0 Å². The zero-order chi connectivity index (χ0) is 9.80. The van der Waals surface area contributed by atoms with Gasteiger partial charge in [0.2, 0.25) is 0 Å². The lowest BCUT2D eigenvalue weighted by atomic mass is 10.2. The second-order valence-electron chi connectivity index (χ2n) is 3.75. The Morgan fingerprint density at radius 1 is 1.29 bits per heavy atom. The molecule has 0 saturated heterocycles. The molecule has 1 nitrogen and oxygen atoms in total. The molecule has 1 aromatic rings. The van der Waals surface area contributed by atoms with E-state index in [1.807, 2.05) is 18.2 Å². The smallest absolute Gasteiger partial charge is 0.0504 e. The Balaban J connectivity index is 1.99. The maximum absolute atomic E-state index is 4.53. The summed E-state index contributed by atoms with van der Waals surface area (Å²) in [5, 5.41) is 0. The van der Waals surface area contributed by atoms with Crippen LogP contribution in [-0.2, 0) is 0 Å². The van der Waals surface area contributed by atoms with Crippen LogP contribution in [0.1, 0.15) is 25.3 Å². The number of benzene rings is 1. The van der Waals surface area contributed by atoms with Gasteiger partial charge in [0.05, 0.1) is 6.04 Å². The highest BCUT2D eigenvalue weighted by Crippen LogP contribution is 2.23. The van der Waals surface area contributed by atoms with Crippen LogP contribution in [0.15, 0.2) is 41.4 Å². The summed E-state index contributed by atoms with van der Waals surface area (Å²) in [7, 11) is 0. The Morgan fingerprint density at radius 3 is 2.64 bits per heavy atom. The van der Waals surface area contributed by atoms with Crippen molar-refractivity contribution < 1.29 is 0 Å². The van der Waals surface area contributed by atoms with E-state index in [4.69, 9.17) is 0 Å². The van der Waals surface area contributed by atoms with Gasteiger partial charge >= 0.3 is 0 Å². The van der Waals surface area contributed by atoms with Crippen molar-refractivity contribution in [3.8, 4) is 0 Å². The Kier molecular flexibility index (Phi) is 2.78. The first-order chi connectivity index (χ1) is 6.84. The number of rotatable bonds is 3. The first kappa shape index (κ1) is 9.20. The summed E-state index contributed by atoms with van der Waals surface area (Å²) in [6.45, 7) is 2.07. The molecule has 0 amide bonds. The van der Waals surface area contributed by atoms with Gasteiger partial charge in [-0.1, -0.05) is 36.4 Å². The molecule has 72 valence electrons. The lowest BCUT2D eigenvalue weighted by Gasteiger charge is -1.92. The fraction of sp³-hybridized carbons (Fsp3) is 0.308. The molecule has 1 heteroatoms. The summed E-state index contributed by atoms with van der Waals surface area (Å²) < 4.78 is 0. The van der Waals surface area contributed by atoms with Crippen LogP contribution in [0.2, 0.25) is 0 Å². The SMILES string of the molecule is CC(/C=C/c1ccccc1)=NC1CC1. The van der Waals surface area contributed by atoms with Crippen molar-refractivity contribution in [1.29, 1.82) is 0 Å². The quantitative estimate of drug-likeness (QED) is 0.640. The third-order valence-electron chi connectivity index (χ3n) is 2.25. The summed E-state index contributed by atoms with van der Waals surface area (Å²) in [6.07, 6.45) is 6.75. The Morgan fingerprint density at radius 2 is 2.00 bits per heavy atom. The molecule has 1 aliphatic carbocycles. The minimum Gasteiger partial charge on any atom is -0.287 e. The molecule has 14 heavy (non-hydrogen) atoms. The van der Waals surface area contributed by atoms with Gasteiger partial charge in [-0.05, 0) is 31.4 Å². The number of nitrogens with zero attached hydrogens (tertiary/aromatic N) is 1. The van der Waals surface area contributed by atoms with E-state index >= 15 is 0 Å². The normalized spacial score (nSPS) is 17.6. The predicted octanol–water partition coefficient (Wildman–Crippen LogP) is 3.32. The predicted molar refractivity (Wildman–Crippen MR) is 61.6 cm³/mol. The Bertz CT molecular complexity index is 345. The maximum atomic E-state index is 4.53. The maximum Gasteiger partial charge on any atom is 0.0504 e. The van der Waals surface area contributed by atoms with Crippen LogP contribution in [0.25, 0.3) is 6.08 Å². The van der Waals surface area contributed by atoms with Crippen molar-refractivity contribution in [2.45, 2.75) is 25.8 Å². The highest BCUT2D eigenvalue weighted by Gasteiger charge is 2.19. The molecule has 0 heterocycles. The zero-order valence-electron chi connectivity index (χ0n) is 8.48. The highest BCUT2D eigenvalue weighted by molar-refractivity contribution is 5.96.